The van der Waals surface area contributed by atoms with Crippen LogP contribution in [-0.2, 0) is 6.42 Å². The van der Waals surface area contributed by atoms with E-state index in [1.165, 1.54) is 23.6 Å². The molecule has 0 aliphatic heterocycles. The van der Waals surface area contributed by atoms with Crippen LogP contribution in [0.15, 0.2) is 36.2 Å². The van der Waals surface area contributed by atoms with Gasteiger partial charge in [-0.05, 0) is 61.1 Å². The molecule has 20 heavy (non-hydrogen) atoms. The van der Waals surface area contributed by atoms with Gasteiger partial charge in [-0.1, -0.05) is 37.6 Å². The van der Waals surface area contributed by atoms with Gasteiger partial charge in [-0.25, -0.2) is 0 Å². The quantitative estimate of drug-likeness (QED) is 0.682. The number of hydrogen-bond donors (Lipinski definition) is 0. The van der Waals surface area contributed by atoms with Crippen LogP contribution in [0.5, 0.6) is 0 Å². The van der Waals surface area contributed by atoms with E-state index in [9.17, 15) is 4.39 Å². The molecule has 1 saturated carbocycles. The van der Waals surface area contributed by atoms with Crippen LogP contribution in [0.1, 0.15) is 56.1 Å². The van der Waals surface area contributed by atoms with Crippen molar-refractivity contribution >= 4 is 0 Å². The summed E-state index contributed by atoms with van der Waals surface area (Å²) in [7, 11) is 0. The highest BCUT2D eigenvalue weighted by molar-refractivity contribution is 5.26. The minimum atomic E-state index is -0.627. The molecule has 0 spiro atoms. The summed E-state index contributed by atoms with van der Waals surface area (Å²) in [6.45, 7) is 2.20. The lowest BCUT2D eigenvalue weighted by Crippen LogP contribution is -2.12. The fraction of sp³-hybridized carbons (Fsp3) is 0.500. The van der Waals surface area contributed by atoms with Gasteiger partial charge in [-0.3, -0.25) is 0 Å². The Bertz CT molecular complexity index is 487. The van der Waals surface area contributed by atoms with E-state index in [0.29, 0.717) is 5.92 Å². The zero-order valence-electron chi connectivity index (χ0n) is 12.1. The van der Waals surface area contributed by atoms with Gasteiger partial charge >= 0.3 is 0 Å². The molecule has 0 amide bonds. The molecule has 0 aromatic heterocycles. The highest BCUT2D eigenvalue weighted by Gasteiger charge is 2.21. The van der Waals surface area contributed by atoms with Crippen molar-refractivity contribution in [2.24, 2.45) is 5.92 Å². The van der Waals surface area contributed by atoms with Crippen molar-refractivity contribution < 1.29 is 4.39 Å². The number of benzene rings is 1. The van der Waals surface area contributed by atoms with Crippen LogP contribution >= 0.6 is 0 Å². The smallest absolute Gasteiger partial charge is 0.195 e. The van der Waals surface area contributed by atoms with Crippen LogP contribution in [0.2, 0.25) is 0 Å². The third-order valence-electron chi connectivity index (χ3n) is 4.25. The summed E-state index contributed by atoms with van der Waals surface area (Å²) in [5.74, 6) is 0.211. The van der Waals surface area contributed by atoms with E-state index in [1.54, 1.807) is 6.07 Å². The molecule has 1 aromatic rings. The number of aryl methyl sites for hydroxylation is 1. The third-order valence-corrected chi connectivity index (χ3v) is 4.25. The van der Waals surface area contributed by atoms with Gasteiger partial charge in [0.15, 0.2) is 5.83 Å². The average molecular weight is 271 g/mol. The maximum atomic E-state index is 13.0. The number of nitriles is 1. The average Bonchev–Trinajstić information content (AvgIpc) is 2.49. The van der Waals surface area contributed by atoms with Gasteiger partial charge in [0.05, 0.1) is 0 Å². The molecule has 1 aromatic carbocycles. The Morgan fingerprint density at radius 2 is 1.90 bits per heavy atom. The lowest BCUT2D eigenvalue weighted by molar-refractivity contribution is 0.372. The summed E-state index contributed by atoms with van der Waals surface area (Å²) in [5.41, 5.74) is 2.82. The topological polar surface area (TPSA) is 23.8 Å². The molecule has 0 radical (unpaired) electrons. The van der Waals surface area contributed by atoms with E-state index in [-0.39, 0.29) is 5.92 Å². The minimum absolute atomic E-state index is 0.241. The minimum Gasteiger partial charge on any atom is -0.195 e. The van der Waals surface area contributed by atoms with E-state index in [1.807, 2.05) is 0 Å². The predicted octanol–water partition coefficient (Wildman–Crippen LogP) is 5.29. The summed E-state index contributed by atoms with van der Waals surface area (Å²) in [6, 6.07) is 10.5. The molecule has 1 aliphatic carbocycles. The van der Waals surface area contributed by atoms with Gasteiger partial charge in [-0.15, -0.1) is 0 Å². The van der Waals surface area contributed by atoms with E-state index < -0.39 is 5.83 Å². The number of allylic oxidation sites excluding steroid dienone is 2. The van der Waals surface area contributed by atoms with Crippen LogP contribution in [0.4, 0.5) is 4.39 Å². The molecular weight excluding hydrogens is 249 g/mol. The molecule has 106 valence electrons. The molecule has 0 unspecified atom stereocenters. The van der Waals surface area contributed by atoms with Crippen molar-refractivity contribution in [3.63, 3.8) is 0 Å². The molecule has 2 rings (SSSR count). The van der Waals surface area contributed by atoms with Gasteiger partial charge in [0.25, 0.3) is 0 Å². The van der Waals surface area contributed by atoms with E-state index in [2.05, 4.69) is 31.2 Å². The van der Waals surface area contributed by atoms with Crippen molar-refractivity contribution in [2.45, 2.75) is 51.4 Å². The molecular formula is C18H22FN. The maximum Gasteiger partial charge on any atom is 0.196 e. The van der Waals surface area contributed by atoms with Gasteiger partial charge in [0, 0.05) is 0 Å². The Morgan fingerprint density at radius 1 is 1.25 bits per heavy atom. The number of hydrogen-bond acceptors (Lipinski definition) is 1. The normalized spacial score (nSPS) is 23.4. The van der Waals surface area contributed by atoms with Gasteiger partial charge in [0.2, 0.25) is 0 Å². The summed E-state index contributed by atoms with van der Waals surface area (Å²) >= 11 is 0. The predicted molar refractivity (Wildman–Crippen MR) is 79.9 cm³/mol. The lowest BCUT2D eigenvalue weighted by Gasteiger charge is -2.27. The Morgan fingerprint density at radius 3 is 2.45 bits per heavy atom. The molecule has 1 aliphatic rings. The second kappa shape index (κ2) is 7.24. The second-order valence-corrected chi connectivity index (χ2v) is 5.73. The van der Waals surface area contributed by atoms with Gasteiger partial charge in [0.1, 0.15) is 6.07 Å². The van der Waals surface area contributed by atoms with Crippen LogP contribution in [0.3, 0.4) is 0 Å². The highest BCUT2D eigenvalue weighted by atomic mass is 19.1. The lowest BCUT2D eigenvalue weighted by atomic mass is 9.78. The standard InChI is InChI=1S/C18H22FN/c1-2-3-14-4-8-16(9-5-14)17-10-6-15(7-11-17)12-18(19)13-20/h4-5,8-9,12,15,17H,2-3,6-7,10-11H2,1H3. The molecule has 2 heteroatoms. The number of halogens is 1. The van der Waals surface area contributed by atoms with Crippen molar-refractivity contribution in [1.82, 2.24) is 0 Å². The Balaban J connectivity index is 1.92. The van der Waals surface area contributed by atoms with Crippen molar-refractivity contribution in [3.8, 4) is 6.07 Å². The Hall–Kier alpha value is -1.62. The summed E-state index contributed by atoms with van der Waals surface area (Å²) in [6.07, 6.45) is 7.97. The molecule has 0 N–H and O–H groups in total. The van der Waals surface area contributed by atoms with E-state index in [4.69, 9.17) is 5.26 Å². The van der Waals surface area contributed by atoms with Crippen molar-refractivity contribution in [1.29, 1.82) is 5.26 Å². The molecule has 1 nitrogen and oxygen atoms in total. The first-order valence-electron chi connectivity index (χ1n) is 7.59. The zero-order chi connectivity index (χ0) is 14.4. The van der Waals surface area contributed by atoms with Crippen LogP contribution in [-0.4, -0.2) is 0 Å². The summed E-state index contributed by atoms with van der Waals surface area (Å²) in [5, 5.41) is 8.47. The molecule has 1 fully saturated rings. The van der Waals surface area contributed by atoms with E-state index in [0.717, 1.165) is 32.1 Å². The van der Waals surface area contributed by atoms with Gasteiger partial charge in [-0.2, -0.15) is 9.65 Å². The molecule has 0 bridgehead atoms. The SMILES string of the molecule is CCCc1ccc(C2CCC(C=C(F)C#N)CC2)cc1. The fourth-order valence-electron chi connectivity index (χ4n) is 3.11. The number of nitrogens with zero attached hydrogens (tertiary/aromatic N) is 1. The van der Waals surface area contributed by atoms with Crippen molar-refractivity contribution in [2.75, 3.05) is 0 Å². The second-order valence-electron chi connectivity index (χ2n) is 5.73. The van der Waals surface area contributed by atoms with Crippen molar-refractivity contribution in [3.05, 3.63) is 47.3 Å². The molecule has 0 heterocycles. The molecule has 0 atom stereocenters. The number of rotatable bonds is 4. The third kappa shape index (κ3) is 3.93. The van der Waals surface area contributed by atoms with Gasteiger partial charge < -0.3 is 0 Å². The monoisotopic (exact) mass is 271 g/mol. The molecule has 0 saturated heterocycles. The van der Waals surface area contributed by atoms with E-state index >= 15 is 0 Å². The van der Waals surface area contributed by atoms with Crippen LogP contribution in [0.25, 0.3) is 0 Å². The van der Waals surface area contributed by atoms with Crippen LogP contribution < -0.4 is 0 Å². The maximum absolute atomic E-state index is 13.0. The first-order valence-corrected chi connectivity index (χ1v) is 7.59. The summed E-state index contributed by atoms with van der Waals surface area (Å²) < 4.78 is 13.0. The zero-order valence-corrected chi connectivity index (χ0v) is 12.1. The fourth-order valence-corrected chi connectivity index (χ4v) is 3.11. The first kappa shape index (κ1) is 14.8. The Kier molecular flexibility index (Phi) is 5.35. The first-order chi connectivity index (χ1) is 9.72. The Labute approximate surface area is 121 Å². The summed E-state index contributed by atoms with van der Waals surface area (Å²) in [4.78, 5) is 0. The van der Waals surface area contributed by atoms with Crippen LogP contribution in [0, 0.1) is 17.2 Å². The largest absolute Gasteiger partial charge is 0.196 e. The highest BCUT2D eigenvalue weighted by Crippen LogP contribution is 2.36.